The molecule has 0 unspecified atom stereocenters. The lowest BCUT2D eigenvalue weighted by Gasteiger charge is -2.35. The lowest BCUT2D eigenvalue weighted by Crippen LogP contribution is -2.49. The summed E-state index contributed by atoms with van der Waals surface area (Å²) >= 11 is 0. The van der Waals surface area contributed by atoms with Crippen molar-refractivity contribution in [3.05, 3.63) is 34.5 Å². The molecular weight excluding hydrogens is 346 g/mol. The summed E-state index contributed by atoms with van der Waals surface area (Å²) < 4.78 is 10.7. The van der Waals surface area contributed by atoms with Crippen LogP contribution in [-0.4, -0.2) is 58.7 Å². The highest BCUT2D eigenvalue weighted by atomic mass is 16.5. The zero-order valence-corrected chi connectivity index (χ0v) is 16.1. The number of amides is 1. The lowest BCUT2D eigenvalue weighted by atomic mass is 10.0. The third kappa shape index (κ3) is 3.41. The topological polar surface area (TPSA) is 84.6 Å². The van der Waals surface area contributed by atoms with E-state index >= 15 is 0 Å². The average molecular weight is 371 g/mol. The Morgan fingerprint density at radius 3 is 2.74 bits per heavy atom. The van der Waals surface area contributed by atoms with Crippen molar-refractivity contribution in [1.82, 2.24) is 20.0 Å². The largest absolute Gasteiger partial charge is 0.376 e. The smallest absolute Gasteiger partial charge is 0.259 e. The number of carbonyl (C=O) groups excluding carboxylic acids is 1. The van der Waals surface area contributed by atoms with Crippen LogP contribution in [0.4, 0.5) is 5.95 Å². The SMILES string of the molecule is Cc1onc(C(C)C)c1C(=O)N1CCN(c2ncc3c(n2)CCOC3)CC1. The van der Waals surface area contributed by atoms with Crippen LogP contribution in [0.1, 0.15) is 52.8 Å². The number of anilines is 1. The van der Waals surface area contributed by atoms with Crippen molar-refractivity contribution in [2.24, 2.45) is 0 Å². The summed E-state index contributed by atoms with van der Waals surface area (Å²) in [6, 6.07) is 0. The molecule has 0 bridgehead atoms. The number of aryl methyl sites for hydroxylation is 1. The van der Waals surface area contributed by atoms with Crippen LogP contribution in [0, 0.1) is 6.92 Å². The first-order valence-corrected chi connectivity index (χ1v) is 9.47. The van der Waals surface area contributed by atoms with Gasteiger partial charge in [-0.3, -0.25) is 4.79 Å². The van der Waals surface area contributed by atoms with Gasteiger partial charge in [0.15, 0.2) is 0 Å². The molecule has 4 rings (SSSR count). The number of hydrogen-bond acceptors (Lipinski definition) is 7. The Morgan fingerprint density at radius 1 is 1.22 bits per heavy atom. The van der Waals surface area contributed by atoms with Crippen LogP contribution in [0.25, 0.3) is 0 Å². The Kier molecular flexibility index (Phi) is 4.82. The van der Waals surface area contributed by atoms with E-state index in [0.29, 0.717) is 50.7 Å². The van der Waals surface area contributed by atoms with E-state index in [4.69, 9.17) is 14.2 Å². The van der Waals surface area contributed by atoms with Gasteiger partial charge in [-0.05, 0) is 12.8 Å². The fourth-order valence-electron chi connectivity index (χ4n) is 3.58. The molecule has 27 heavy (non-hydrogen) atoms. The molecule has 2 aliphatic heterocycles. The Hall–Kier alpha value is -2.48. The summed E-state index contributed by atoms with van der Waals surface area (Å²) in [6.07, 6.45) is 2.69. The molecule has 0 N–H and O–H groups in total. The molecule has 2 aliphatic rings. The van der Waals surface area contributed by atoms with E-state index in [-0.39, 0.29) is 11.8 Å². The third-order valence-corrected chi connectivity index (χ3v) is 5.18. The van der Waals surface area contributed by atoms with E-state index in [0.717, 1.165) is 29.3 Å². The number of rotatable bonds is 3. The molecule has 1 fully saturated rings. The normalized spacial score (nSPS) is 17.3. The summed E-state index contributed by atoms with van der Waals surface area (Å²) in [4.78, 5) is 26.2. The number of aromatic nitrogens is 3. The van der Waals surface area contributed by atoms with Gasteiger partial charge in [-0.1, -0.05) is 19.0 Å². The Morgan fingerprint density at radius 2 is 2.00 bits per heavy atom. The first kappa shape index (κ1) is 17.9. The van der Waals surface area contributed by atoms with Gasteiger partial charge in [0.2, 0.25) is 5.95 Å². The van der Waals surface area contributed by atoms with Crippen LogP contribution in [0.5, 0.6) is 0 Å². The summed E-state index contributed by atoms with van der Waals surface area (Å²) in [5.74, 6) is 1.48. The van der Waals surface area contributed by atoms with E-state index in [1.807, 2.05) is 24.9 Å². The highest BCUT2D eigenvalue weighted by Gasteiger charge is 2.29. The third-order valence-electron chi connectivity index (χ3n) is 5.18. The van der Waals surface area contributed by atoms with Gasteiger partial charge in [0.1, 0.15) is 11.3 Å². The maximum atomic E-state index is 13.0. The van der Waals surface area contributed by atoms with E-state index in [2.05, 4.69) is 15.0 Å². The van der Waals surface area contributed by atoms with E-state index < -0.39 is 0 Å². The minimum Gasteiger partial charge on any atom is -0.376 e. The van der Waals surface area contributed by atoms with E-state index in [1.54, 1.807) is 6.92 Å². The number of piperazine rings is 1. The highest BCUT2D eigenvalue weighted by molar-refractivity contribution is 5.96. The van der Waals surface area contributed by atoms with Crippen molar-refractivity contribution < 1.29 is 14.1 Å². The Balaban J connectivity index is 1.45. The van der Waals surface area contributed by atoms with Crippen molar-refractivity contribution in [2.45, 2.75) is 39.7 Å². The van der Waals surface area contributed by atoms with E-state index in [9.17, 15) is 4.79 Å². The van der Waals surface area contributed by atoms with Crippen LogP contribution in [0.15, 0.2) is 10.7 Å². The fraction of sp³-hybridized carbons (Fsp3) is 0.579. The molecule has 2 aromatic rings. The predicted molar refractivity (Wildman–Crippen MR) is 98.8 cm³/mol. The van der Waals surface area contributed by atoms with Crippen LogP contribution < -0.4 is 4.90 Å². The van der Waals surface area contributed by atoms with Gasteiger partial charge < -0.3 is 19.1 Å². The zero-order chi connectivity index (χ0) is 19.0. The predicted octanol–water partition coefficient (Wildman–Crippen LogP) is 1.93. The molecule has 1 saturated heterocycles. The molecule has 0 radical (unpaired) electrons. The van der Waals surface area contributed by atoms with Gasteiger partial charge in [0.05, 0.1) is 24.6 Å². The quantitative estimate of drug-likeness (QED) is 0.815. The molecule has 0 aromatic carbocycles. The average Bonchev–Trinajstić information content (AvgIpc) is 3.09. The summed E-state index contributed by atoms with van der Waals surface area (Å²) in [6.45, 7) is 9.82. The molecular formula is C19H25N5O3. The Labute approximate surface area is 158 Å². The van der Waals surface area contributed by atoms with Crippen molar-refractivity contribution in [1.29, 1.82) is 0 Å². The number of nitrogens with zero attached hydrogens (tertiary/aromatic N) is 5. The van der Waals surface area contributed by atoms with Gasteiger partial charge in [0.25, 0.3) is 5.91 Å². The molecule has 144 valence electrons. The van der Waals surface area contributed by atoms with Crippen LogP contribution in [0.3, 0.4) is 0 Å². The maximum Gasteiger partial charge on any atom is 0.259 e. The molecule has 8 heteroatoms. The molecule has 4 heterocycles. The van der Waals surface area contributed by atoms with Crippen LogP contribution in [-0.2, 0) is 17.8 Å². The van der Waals surface area contributed by atoms with Crippen molar-refractivity contribution in [3.63, 3.8) is 0 Å². The minimum atomic E-state index is 0.000563. The standard InChI is InChI=1S/C19H25N5O3/c1-12(2)17-16(13(3)27-22-17)18(25)23-5-7-24(8-6-23)19-20-10-14-11-26-9-4-15(14)21-19/h10,12H,4-9,11H2,1-3H3. The van der Waals surface area contributed by atoms with Crippen molar-refractivity contribution in [2.75, 3.05) is 37.7 Å². The summed E-state index contributed by atoms with van der Waals surface area (Å²) in [7, 11) is 0. The highest BCUT2D eigenvalue weighted by Crippen LogP contribution is 2.24. The maximum absolute atomic E-state index is 13.0. The minimum absolute atomic E-state index is 0.000563. The van der Waals surface area contributed by atoms with Gasteiger partial charge in [-0.25, -0.2) is 9.97 Å². The fourth-order valence-corrected chi connectivity index (χ4v) is 3.58. The molecule has 0 saturated carbocycles. The molecule has 1 amide bonds. The summed E-state index contributed by atoms with van der Waals surface area (Å²) in [5.41, 5.74) is 3.50. The van der Waals surface area contributed by atoms with Gasteiger partial charge in [0, 0.05) is 44.4 Å². The van der Waals surface area contributed by atoms with Gasteiger partial charge in [-0.15, -0.1) is 0 Å². The second-order valence-corrected chi connectivity index (χ2v) is 7.38. The van der Waals surface area contributed by atoms with Gasteiger partial charge >= 0.3 is 0 Å². The number of carbonyl (C=O) groups is 1. The number of fused-ring (bicyclic) bond motifs is 1. The van der Waals surface area contributed by atoms with E-state index in [1.165, 1.54) is 0 Å². The first-order valence-electron chi connectivity index (χ1n) is 9.47. The van der Waals surface area contributed by atoms with Crippen molar-refractivity contribution >= 4 is 11.9 Å². The molecule has 0 atom stereocenters. The molecule has 0 aliphatic carbocycles. The van der Waals surface area contributed by atoms with Gasteiger partial charge in [-0.2, -0.15) is 0 Å². The zero-order valence-electron chi connectivity index (χ0n) is 16.1. The van der Waals surface area contributed by atoms with Crippen LogP contribution >= 0.6 is 0 Å². The molecule has 0 spiro atoms. The molecule has 8 nitrogen and oxygen atoms in total. The van der Waals surface area contributed by atoms with Crippen molar-refractivity contribution in [3.8, 4) is 0 Å². The van der Waals surface area contributed by atoms with Crippen LogP contribution in [0.2, 0.25) is 0 Å². The first-order chi connectivity index (χ1) is 13.0. The lowest BCUT2D eigenvalue weighted by molar-refractivity contribution is 0.0743. The Bertz CT molecular complexity index is 840. The second-order valence-electron chi connectivity index (χ2n) is 7.38. The monoisotopic (exact) mass is 371 g/mol. The number of hydrogen-bond donors (Lipinski definition) is 0. The summed E-state index contributed by atoms with van der Waals surface area (Å²) in [5, 5.41) is 4.07. The second kappa shape index (κ2) is 7.26. The number of ether oxygens (including phenoxy) is 1. The molecule has 2 aromatic heterocycles.